The van der Waals surface area contributed by atoms with Gasteiger partial charge in [0.15, 0.2) is 6.29 Å². The minimum Gasteiger partial charge on any atom is -0.497 e. The molecule has 3 saturated heterocycles. The van der Waals surface area contributed by atoms with Crippen molar-refractivity contribution in [3.63, 3.8) is 0 Å². The molecule has 0 unspecified atom stereocenters. The minimum absolute atomic E-state index is 0.125. The molecule has 3 fully saturated rings. The van der Waals surface area contributed by atoms with Crippen LogP contribution >= 0.6 is 11.8 Å². The van der Waals surface area contributed by atoms with Crippen molar-refractivity contribution in [2.75, 3.05) is 27.0 Å². The van der Waals surface area contributed by atoms with Crippen LogP contribution in [0.25, 0.3) is 0 Å². The number of nitrogens with zero attached hydrogens (tertiary/aromatic N) is 1. The molecule has 3 heterocycles. The number of hydrogen-bond acceptors (Lipinski definition) is 9. The van der Waals surface area contributed by atoms with Crippen LogP contribution in [0.5, 0.6) is 5.75 Å². The fourth-order valence-electron chi connectivity index (χ4n) is 5.65. The molecule has 9 nitrogen and oxygen atoms in total. The third kappa shape index (κ3) is 5.70. The molecule has 10 atom stereocenters. The van der Waals surface area contributed by atoms with E-state index in [4.69, 9.17) is 18.9 Å². The van der Waals surface area contributed by atoms with Gasteiger partial charge in [-0.2, -0.15) is 0 Å². The van der Waals surface area contributed by atoms with Gasteiger partial charge in [0.05, 0.1) is 25.3 Å². The highest BCUT2D eigenvalue weighted by Crippen LogP contribution is 2.42. The van der Waals surface area contributed by atoms with Crippen LogP contribution in [0.3, 0.4) is 0 Å². The minimum atomic E-state index is -0.925. The van der Waals surface area contributed by atoms with E-state index in [1.807, 2.05) is 37.6 Å². The number of likely N-dealkylation sites (N-methyl/N-ethyl adjacent to an activating group) is 1. The first-order valence-corrected chi connectivity index (χ1v) is 14.1. The molecule has 0 aliphatic carbocycles. The van der Waals surface area contributed by atoms with E-state index in [-0.39, 0.29) is 11.9 Å². The average molecular weight is 525 g/mol. The zero-order valence-electron chi connectivity index (χ0n) is 21.7. The van der Waals surface area contributed by atoms with E-state index in [9.17, 15) is 15.0 Å². The van der Waals surface area contributed by atoms with Crippen molar-refractivity contribution in [1.29, 1.82) is 0 Å². The first-order valence-electron chi connectivity index (χ1n) is 12.8. The molecule has 3 N–H and O–H groups in total. The molecular formula is C26H40N2O7S. The summed E-state index contributed by atoms with van der Waals surface area (Å²) in [6.45, 7) is 4.68. The van der Waals surface area contributed by atoms with Gasteiger partial charge in [-0.1, -0.05) is 25.5 Å². The van der Waals surface area contributed by atoms with E-state index < -0.39 is 48.3 Å². The Balaban J connectivity index is 1.53. The van der Waals surface area contributed by atoms with Crippen LogP contribution in [0.1, 0.15) is 45.0 Å². The summed E-state index contributed by atoms with van der Waals surface area (Å²) in [5.74, 6) is 1.08. The number of amides is 1. The van der Waals surface area contributed by atoms with Crippen LogP contribution in [0.2, 0.25) is 0 Å². The van der Waals surface area contributed by atoms with Crippen LogP contribution in [0, 0.1) is 5.92 Å². The van der Waals surface area contributed by atoms with Gasteiger partial charge in [-0.15, -0.1) is 11.8 Å². The molecule has 4 rings (SSSR count). The van der Waals surface area contributed by atoms with Crippen molar-refractivity contribution in [2.45, 2.75) is 87.4 Å². The van der Waals surface area contributed by atoms with Crippen molar-refractivity contribution in [3.05, 3.63) is 29.8 Å². The molecular weight excluding hydrogens is 484 g/mol. The Morgan fingerprint density at radius 2 is 1.94 bits per heavy atom. The Kier molecular flexibility index (Phi) is 9.19. The maximum Gasteiger partial charge on any atom is 0.237 e. The number of thioether (sulfide) groups is 1. The van der Waals surface area contributed by atoms with Gasteiger partial charge < -0.3 is 34.5 Å². The van der Waals surface area contributed by atoms with Crippen LogP contribution in [-0.4, -0.2) is 96.0 Å². The fraction of sp³-hybridized carbons (Fsp3) is 0.731. The molecule has 202 valence electrons. The summed E-state index contributed by atoms with van der Waals surface area (Å²) in [6.07, 6.45) is 0.228. The number of carbonyl (C=O) groups is 1. The van der Waals surface area contributed by atoms with E-state index >= 15 is 0 Å². The lowest BCUT2D eigenvalue weighted by Crippen LogP contribution is -2.65. The normalized spacial score (nSPS) is 36.3. The molecule has 3 aliphatic heterocycles. The summed E-state index contributed by atoms with van der Waals surface area (Å²) in [4.78, 5) is 15.4. The van der Waals surface area contributed by atoms with Crippen molar-refractivity contribution in [1.82, 2.24) is 10.2 Å². The van der Waals surface area contributed by atoms with Crippen LogP contribution in [0.4, 0.5) is 0 Å². The highest BCUT2D eigenvalue weighted by Gasteiger charge is 2.55. The maximum absolute atomic E-state index is 13.4. The number of likely N-dealkylation sites (tertiary alicyclic amines) is 1. The molecule has 0 radical (unpaired) electrons. The Bertz CT molecular complexity index is 872. The van der Waals surface area contributed by atoms with E-state index in [1.54, 1.807) is 14.0 Å². The summed E-state index contributed by atoms with van der Waals surface area (Å²) in [6, 6.07) is 6.36. The van der Waals surface area contributed by atoms with Crippen LogP contribution < -0.4 is 10.1 Å². The van der Waals surface area contributed by atoms with Crippen molar-refractivity contribution in [3.8, 4) is 5.75 Å². The first kappa shape index (κ1) is 27.6. The molecule has 0 bridgehead atoms. The number of aliphatic hydroxyl groups excluding tert-OH is 2. The predicted molar refractivity (Wildman–Crippen MR) is 137 cm³/mol. The summed E-state index contributed by atoms with van der Waals surface area (Å²) in [5, 5.41) is 24.8. The lowest BCUT2D eigenvalue weighted by atomic mass is 9.92. The number of rotatable bonds is 9. The molecule has 1 aromatic rings. The summed E-state index contributed by atoms with van der Waals surface area (Å²) >= 11 is 1.36. The molecule has 0 spiro atoms. The molecule has 3 aliphatic rings. The van der Waals surface area contributed by atoms with Gasteiger partial charge in [-0.25, -0.2) is 0 Å². The van der Waals surface area contributed by atoms with Crippen molar-refractivity contribution < 1.29 is 34.0 Å². The highest BCUT2D eigenvalue weighted by molar-refractivity contribution is 7.99. The fourth-order valence-corrected chi connectivity index (χ4v) is 6.32. The zero-order valence-corrected chi connectivity index (χ0v) is 22.5. The third-order valence-electron chi connectivity index (χ3n) is 7.55. The largest absolute Gasteiger partial charge is 0.497 e. The van der Waals surface area contributed by atoms with Crippen molar-refractivity contribution >= 4 is 17.7 Å². The molecule has 0 aromatic heterocycles. The molecule has 1 amide bonds. The predicted octanol–water partition coefficient (Wildman–Crippen LogP) is 1.91. The summed E-state index contributed by atoms with van der Waals surface area (Å²) < 4.78 is 24.0. The number of nitrogens with one attached hydrogen (secondary N) is 1. The van der Waals surface area contributed by atoms with Gasteiger partial charge in [0.2, 0.25) is 5.91 Å². The number of fused-ring (bicyclic) bond motifs is 1. The second-order valence-corrected chi connectivity index (χ2v) is 11.1. The summed E-state index contributed by atoms with van der Waals surface area (Å²) in [7, 11) is 3.57. The highest BCUT2D eigenvalue weighted by atomic mass is 32.2. The standard InChI is InChI=1S/C26H40N2O7S/c1-6-7-15-12-18(28(3)13-15)24(31)27-19(14(2)29)21-23-22(20(30)26(35-21)36-5)33-25(34-23)16-8-10-17(32-4)11-9-16/h8-11,14-15,18-23,25-26,29-30H,6-7,12-13H2,1-5H3,(H,27,31)/t14-,15+,18-,19+,20+,21-,22-,23-,25-,26+/m0/s1. The van der Waals surface area contributed by atoms with Crippen LogP contribution in [0.15, 0.2) is 24.3 Å². The number of methoxy groups -OCH3 is 1. The Morgan fingerprint density at radius 3 is 2.56 bits per heavy atom. The Labute approximate surface area is 217 Å². The SMILES string of the molecule is CCC[C@@H]1C[C@@H](C(=O)N[C@@H]([C@@H]2O[C@H](SC)[C@H](O)[C@@H]3O[C@H](c4ccc(OC)cc4)O[C@H]32)[C@H](C)O)N(C)C1. The average Bonchev–Trinajstić information content (AvgIpc) is 3.47. The monoisotopic (exact) mass is 524 g/mol. The Hall–Kier alpha value is -1.40. The molecule has 10 heteroatoms. The Morgan fingerprint density at radius 1 is 1.25 bits per heavy atom. The van der Waals surface area contributed by atoms with Gasteiger partial charge in [-0.05, 0) is 51.1 Å². The number of carbonyl (C=O) groups excluding carboxylic acids is 1. The molecule has 36 heavy (non-hydrogen) atoms. The number of ether oxygens (including phenoxy) is 4. The van der Waals surface area contributed by atoms with E-state index in [0.29, 0.717) is 11.7 Å². The van der Waals surface area contributed by atoms with Gasteiger partial charge in [0.25, 0.3) is 0 Å². The summed E-state index contributed by atoms with van der Waals surface area (Å²) in [5.41, 5.74) is 0.194. The topological polar surface area (TPSA) is 110 Å². The van der Waals surface area contributed by atoms with E-state index in [1.165, 1.54) is 11.8 Å². The second kappa shape index (κ2) is 12.0. The maximum atomic E-state index is 13.4. The first-order chi connectivity index (χ1) is 17.3. The van der Waals surface area contributed by atoms with E-state index in [2.05, 4.69) is 17.1 Å². The quantitative estimate of drug-likeness (QED) is 0.446. The van der Waals surface area contributed by atoms with E-state index in [0.717, 1.165) is 31.4 Å². The van der Waals surface area contributed by atoms with Gasteiger partial charge >= 0.3 is 0 Å². The number of benzene rings is 1. The van der Waals surface area contributed by atoms with Gasteiger partial charge in [0, 0.05) is 12.1 Å². The zero-order chi connectivity index (χ0) is 26.0. The van der Waals surface area contributed by atoms with Gasteiger partial charge in [-0.3, -0.25) is 9.69 Å². The second-order valence-electron chi connectivity index (χ2n) is 10.1. The lowest BCUT2D eigenvalue weighted by Gasteiger charge is -2.43. The van der Waals surface area contributed by atoms with Crippen LogP contribution in [-0.2, 0) is 19.0 Å². The molecule has 1 aromatic carbocycles. The number of aliphatic hydroxyl groups is 2. The lowest BCUT2D eigenvalue weighted by molar-refractivity contribution is -0.176. The van der Waals surface area contributed by atoms with Crippen molar-refractivity contribution in [2.24, 2.45) is 5.92 Å². The number of hydrogen-bond donors (Lipinski definition) is 3. The smallest absolute Gasteiger partial charge is 0.237 e. The third-order valence-corrected chi connectivity index (χ3v) is 8.41. The molecule has 0 saturated carbocycles. The van der Waals surface area contributed by atoms with Gasteiger partial charge in [0.1, 0.15) is 35.6 Å².